The molecule has 1 saturated heterocycles. The second-order valence-electron chi connectivity index (χ2n) is 10.4. The molecule has 4 rings (SSSR count). The summed E-state index contributed by atoms with van der Waals surface area (Å²) in [4.78, 5) is 26.3. The molecule has 1 fully saturated rings. The number of carboxylic acids is 1. The van der Waals surface area contributed by atoms with E-state index in [0.717, 1.165) is 49.2 Å². The van der Waals surface area contributed by atoms with Gasteiger partial charge < -0.3 is 25.2 Å². The first-order chi connectivity index (χ1) is 19.5. The van der Waals surface area contributed by atoms with Gasteiger partial charge in [-0.1, -0.05) is 54.6 Å². The molecule has 1 amide bonds. The molecule has 40 heavy (non-hydrogen) atoms. The Morgan fingerprint density at radius 2 is 1.45 bits per heavy atom. The molecule has 0 saturated carbocycles. The number of aryl methyl sites for hydroxylation is 2. The van der Waals surface area contributed by atoms with Crippen LogP contribution in [0, 0.1) is 5.92 Å². The lowest BCUT2D eigenvalue weighted by atomic mass is 10.0. The number of hydrogen-bond donors (Lipinski definition) is 2. The number of nitrogens with zero attached hydrogens (tertiary/aromatic N) is 1. The maximum absolute atomic E-state index is 13.1. The van der Waals surface area contributed by atoms with Gasteiger partial charge in [-0.2, -0.15) is 0 Å². The van der Waals surface area contributed by atoms with E-state index in [4.69, 9.17) is 15.2 Å². The van der Waals surface area contributed by atoms with Crippen LogP contribution in [0.1, 0.15) is 48.8 Å². The van der Waals surface area contributed by atoms with Crippen molar-refractivity contribution in [2.75, 3.05) is 19.7 Å². The average molecular weight is 545 g/mol. The Kier molecular flexibility index (Phi) is 11.0. The molecular formula is C33H40N2O5. The Morgan fingerprint density at radius 1 is 0.825 bits per heavy atom. The molecule has 0 unspecified atom stereocenters. The Bertz CT molecular complexity index is 1200. The van der Waals surface area contributed by atoms with Gasteiger partial charge in [-0.05, 0) is 86.0 Å². The van der Waals surface area contributed by atoms with Gasteiger partial charge in [-0.15, -0.1) is 0 Å². The van der Waals surface area contributed by atoms with E-state index in [1.165, 1.54) is 11.1 Å². The van der Waals surface area contributed by atoms with Gasteiger partial charge in [-0.3, -0.25) is 9.59 Å². The maximum Gasteiger partial charge on any atom is 0.304 e. The number of hydrogen-bond acceptors (Lipinski definition) is 5. The van der Waals surface area contributed by atoms with Crippen LogP contribution in [0.15, 0.2) is 78.9 Å². The van der Waals surface area contributed by atoms with Crippen molar-refractivity contribution >= 4 is 11.9 Å². The molecule has 3 aromatic rings. The molecule has 0 aromatic heterocycles. The first kappa shape index (κ1) is 29.2. The molecule has 7 nitrogen and oxygen atoms in total. The van der Waals surface area contributed by atoms with Gasteiger partial charge in [0.1, 0.15) is 24.7 Å². The van der Waals surface area contributed by atoms with Crippen LogP contribution in [-0.4, -0.2) is 47.6 Å². The fourth-order valence-corrected chi connectivity index (χ4v) is 5.17. The average Bonchev–Trinajstić information content (AvgIpc) is 3.26. The fraction of sp³-hybridized carbons (Fsp3) is 0.394. The predicted molar refractivity (Wildman–Crippen MR) is 155 cm³/mol. The highest BCUT2D eigenvalue weighted by molar-refractivity contribution is 5.85. The summed E-state index contributed by atoms with van der Waals surface area (Å²) in [6.07, 6.45) is 5.00. The number of carbonyl (C=O) groups excluding carboxylic acids is 1. The Hall–Kier alpha value is -3.84. The topological polar surface area (TPSA) is 102 Å². The van der Waals surface area contributed by atoms with Gasteiger partial charge in [0, 0.05) is 6.54 Å². The SMILES string of the molecule is NCCCCc1ccc(OC[C@@H]2C[C@@H](CC(=O)O)C(=O)N2CCCc2ccc(OCc3ccccc3)cc2)cc1. The zero-order valence-corrected chi connectivity index (χ0v) is 23.0. The molecule has 0 aliphatic carbocycles. The van der Waals surface area contributed by atoms with Crippen LogP contribution in [-0.2, 0) is 29.0 Å². The number of carboxylic acid groups (broad SMARTS) is 1. The number of amides is 1. The summed E-state index contributed by atoms with van der Waals surface area (Å²) < 4.78 is 11.9. The van der Waals surface area contributed by atoms with E-state index >= 15 is 0 Å². The Morgan fingerprint density at radius 3 is 2.08 bits per heavy atom. The van der Waals surface area contributed by atoms with E-state index in [-0.39, 0.29) is 18.4 Å². The van der Waals surface area contributed by atoms with E-state index in [0.29, 0.717) is 32.7 Å². The highest BCUT2D eigenvalue weighted by Gasteiger charge is 2.40. The fourth-order valence-electron chi connectivity index (χ4n) is 5.17. The summed E-state index contributed by atoms with van der Waals surface area (Å²) in [5.74, 6) is 0.0403. The smallest absolute Gasteiger partial charge is 0.304 e. The summed E-state index contributed by atoms with van der Waals surface area (Å²) in [6.45, 7) is 2.14. The van der Waals surface area contributed by atoms with Crippen molar-refractivity contribution in [3.05, 3.63) is 95.6 Å². The number of unbranched alkanes of at least 4 members (excludes halogenated alkanes) is 1. The molecule has 0 bridgehead atoms. The predicted octanol–water partition coefficient (Wildman–Crippen LogP) is 5.25. The van der Waals surface area contributed by atoms with Crippen LogP contribution in [0.2, 0.25) is 0 Å². The number of carbonyl (C=O) groups is 2. The number of rotatable bonds is 16. The monoisotopic (exact) mass is 544 g/mol. The van der Waals surface area contributed by atoms with E-state index in [9.17, 15) is 14.7 Å². The Labute approximate surface area is 236 Å². The van der Waals surface area contributed by atoms with Gasteiger partial charge in [0.05, 0.1) is 18.4 Å². The first-order valence-corrected chi connectivity index (χ1v) is 14.2. The lowest BCUT2D eigenvalue weighted by Gasteiger charge is -2.25. The van der Waals surface area contributed by atoms with Gasteiger partial charge in [0.2, 0.25) is 5.91 Å². The molecule has 1 aliphatic heterocycles. The lowest BCUT2D eigenvalue weighted by molar-refractivity contribution is -0.142. The van der Waals surface area contributed by atoms with Gasteiger partial charge in [0.25, 0.3) is 0 Å². The van der Waals surface area contributed by atoms with Crippen LogP contribution in [0.4, 0.5) is 0 Å². The minimum absolute atomic E-state index is 0.0871. The van der Waals surface area contributed by atoms with Gasteiger partial charge in [0.15, 0.2) is 0 Å². The van der Waals surface area contributed by atoms with E-state index < -0.39 is 11.9 Å². The van der Waals surface area contributed by atoms with E-state index in [2.05, 4.69) is 24.3 Å². The van der Waals surface area contributed by atoms with Crippen molar-refractivity contribution < 1.29 is 24.2 Å². The highest BCUT2D eigenvalue weighted by Crippen LogP contribution is 2.29. The van der Waals surface area contributed by atoms with Crippen LogP contribution >= 0.6 is 0 Å². The summed E-state index contributed by atoms with van der Waals surface area (Å²) in [7, 11) is 0. The van der Waals surface area contributed by atoms with Crippen LogP contribution < -0.4 is 15.2 Å². The summed E-state index contributed by atoms with van der Waals surface area (Å²) in [6, 6.07) is 26.0. The minimum atomic E-state index is -0.945. The molecule has 3 aromatic carbocycles. The largest absolute Gasteiger partial charge is 0.491 e. The second kappa shape index (κ2) is 15.1. The second-order valence-corrected chi connectivity index (χ2v) is 10.4. The summed E-state index contributed by atoms with van der Waals surface area (Å²) in [5, 5.41) is 9.31. The molecule has 2 atom stereocenters. The molecule has 3 N–H and O–H groups in total. The minimum Gasteiger partial charge on any atom is -0.491 e. The molecule has 1 heterocycles. The van der Waals surface area contributed by atoms with Crippen molar-refractivity contribution in [2.45, 2.75) is 57.6 Å². The van der Waals surface area contributed by atoms with Crippen LogP contribution in [0.5, 0.6) is 11.5 Å². The summed E-state index contributed by atoms with van der Waals surface area (Å²) in [5.41, 5.74) is 9.12. The number of aliphatic carboxylic acids is 1. The number of likely N-dealkylation sites (tertiary alicyclic amines) is 1. The van der Waals surface area contributed by atoms with Gasteiger partial charge in [-0.25, -0.2) is 0 Å². The van der Waals surface area contributed by atoms with E-state index in [1.807, 2.05) is 59.5 Å². The summed E-state index contributed by atoms with van der Waals surface area (Å²) >= 11 is 0. The maximum atomic E-state index is 13.1. The van der Waals surface area contributed by atoms with Crippen molar-refractivity contribution in [3.8, 4) is 11.5 Å². The third-order valence-corrected chi connectivity index (χ3v) is 7.37. The van der Waals surface area contributed by atoms with Crippen molar-refractivity contribution in [2.24, 2.45) is 11.7 Å². The zero-order valence-electron chi connectivity index (χ0n) is 23.0. The lowest BCUT2D eigenvalue weighted by Crippen LogP contribution is -2.38. The normalized spacial score (nSPS) is 16.7. The van der Waals surface area contributed by atoms with Crippen molar-refractivity contribution in [3.63, 3.8) is 0 Å². The number of ether oxygens (including phenoxy) is 2. The molecular weight excluding hydrogens is 504 g/mol. The molecule has 7 heteroatoms. The standard InChI is InChI=1S/C33H40N2O5/c34-19-5-4-7-25-11-17-31(18-12-25)40-24-29-21-28(22-32(36)37)33(38)35(29)20-6-10-26-13-15-30(16-14-26)39-23-27-8-2-1-3-9-27/h1-3,8-9,11-18,28-29H,4-7,10,19-24,34H2,(H,36,37)/t28-,29-/m0/s1. The van der Waals surface area contributed by atoms with Crippen molar-refractivity contribution in [1.82, 2.24) is 4.90 Å². The number of benzene rings is 3. The van der Waals surface area contributed by atoms with Crippen LogP contribution in [0.3, 0.4) is 0 Å². The Balaban J connectivity index is 1.28. The number of nitrogens with two attached hydrogens (primary N) is 1. The van der Waals surface area contributed by atoms with E-state index in [1.54, 1.807) is 0 Å². The van der Waals surface area contributed by atoms with Crippen LogP contribution in [0.25, 0.3) is 0 Å². The molecule has 1 aliphatic rings. The first-order valence-electron chi connectivity index (χ1n) is 14.2. The highest BCUT2D eigenvalue weighted by atomic mass is 16.5. The zero-order chi connectivity index (χ0) is 28.2. The molecule has 212 valence electrons. The molecule has 0 spiro atoms. The third-order valence-electron chi connectivity index (χ3n) is 7.37. The third kappa shape index (κ3) is 8.85. The quantitative estimate of drug-likeness (QED) is 0.239. The molecule has 0 radical (unpaired) electrons. The van der Waals surface area contributed by atoms with Crippen molar-refractivity contribution in [1.29, 1.82) is 0 Å². The van der Waals surface area contributed by atoms with Gasteiger partial charge >= 0.3 is 5.97 Å².